The second-order valence-electron chi connectivity index (χ2n) is 6.77. The summed E-state index contributed by atoms with van der Waals surface area (Å²) in [6.07, 6.45) is 23.9. The Bertz CT molecular complexity index is 346. The quantitative estimate of drug-likeness (QED) is 0.287. The Morgan fingerprint density at radius 1 is 1.00 bits per heavy atom. The summed E-state index contributed by atoms with van der Waals surface area (Å²) >= 11 is 0. The van der Waals surface area contributed by atoms with Crippen molar-refractivity contribution in [3.63, 3.8) is 0 Å². The molecule has 1 aliphatic carbocycles. The number of unbranched alkanes of at least 4 members (excludes halogenated alkanes) is 5. The van der Waals surface area contributed by atoms with E-state index in [1.54, 1.807) is 6.08 Å². The predicted octanol–water partition coefficient (Wildman–Crippen LogP) is 5.53. The molecule has 1 fully saturated rings. The highest BCUT2D eigenvalue weighted by molar-refractivity contribution is 5.85. The summed E-state index contributed by atoms with van der Waals surface area (Å²) in [5.74, 6) is 1.53. The molecule has 2 heteroatoms. The third-order valence-corrected chi connectivity index (χ3v) is 4.96. The van der Waals surface area contributed by atoms with E-state index < -0.39 is 0 Å². The van der Waals surface area contributed by atoms with Crippen molar-refractivity contribution in [3.8, 4) is 0 Å². The smallest absolute Gasteiger partial charge is 0.241 e. The molecule has 22 heavy (non-hydrogen) atoms. The van der Waals surface area contributed by atoms with Crippen LogP contribution in [0.3, 0.4) is 0 Å². The molecule has 0 aromatic heterocycles. The van der Waals surface area contributed by atoms with Crippen molar-refractivity contribution in [3.05, 3.63) is 24.3 Å². The average molecular weight is 306 g/mol. The topological polar surface area (TPSA) is 43.1 Å². The van der Waals surface area contributed by atoms with Crippen molar-refractivity contribution >= 4 is 5.91 Å². The van der Waals surface area contributed by atoms with Crippen LogP contribution in [0.4, 0.5) is 0 Å². The van der Waals surface area contributed by atoms with Crippen molar-refractivity contribution in [2.45, 2.75) is 84.0 Å². The summed E-state index contributed by atoms with van der Waals surface area (Å²) in [6, 6.07) is 0. The minimum absolute atomic E-state index is 0.376. The van der Waals surface area contributed by atoms with Crippen LogP contribution in [0.25, 0.3) is 0 Å². The van der Waals surface area contributed by atoms with E-state index in [0.717, 1.165) is 18.3 Å². The van der Waals surface area contributed by atoms with Gasteiger partial charge in [-0.05, 0) is 24.7 Å². The number of nitrogens with two attached hydrogens (primary N) is 1. The highest BCUT2D eigenvalue weighted by atomic mass is 16.1. The van der Waals surface area contributed by atoms with Crippen LogP contribution >= 0.6 is 0 Å². The molecule has 0 aromatic rings. The van der Waals surface area contributed by atoms with Gasteiger partial charge in [-0.2, -0.15) is 0 Å². The Morgan fingerprint density at radius 3 is 2.41 bits per heavy atom. The molecule has 126 valence electrons. The standard InChI is InChI=1S/C20H35NO/c1-2-3-4-5-6-9-13-18-15-12-16-19(18)14-10-7-8-11-17-20(21)22/h7-8,11,17-19H,2-6,9-10,12-16H2,1H3,(H2,21,22)/t18-,19-/m0/s1. The van der Waals surface area contributed by atoms with E-state index in [9.17, 15) is 4.79 Å². The largest absolute Gasteiger partial charge is 0.366 e. The fourth-order valence-electron chi connectivity index (χ4n) is 3.70. The van der Waals surface area contributed by atoms with Gasteiger partial charge in [0.05, 0.1) is 0 Å². The molecule has 0 aliphatic heterocycles. The Kier molecular flexibility index (Phi) is 10.8. The lowest BCUT2D eigenvalue weighted by molar-refractivity contribution is -0.113. The summed E-state index contributed by atoms with van der Waals surface area (Å²) in [7, 11) is 0. The molecule has 0 saturated heterocycles. The van der Waals surface area contributed by atoms with Gasteiger partial charge in [-0.3, -0.25) is 4.79 Å². The maximum Gasteiger partial charge on any atom is 0.241 e. The van der Waals surface area contributed by atoms with E-state index in [4.69, 9.17) is 5.73 Å². The van der Waals surface area contributed by atoms with Crippen LogP contribution in [0, 0.1) is 11.8 Å². The first-order valence-corrected chi connectivity index (χ1v) is 9.36. The lowest BCUT2D eigenvalue weighted by atomic mass is 9.87. The normalized spacial score (nSPS) is 22.0. The van der Waals surface area contributed by atoms with E-state index in [2.05, 4.69) is 13.0 Å². The second-order valence-corrected chi connectivity index (χ2v) is 6.77. The van der Waals surface area contributed by atoms with Crippen LogP contribution in [-0.2, 0) is 4.79 Å². The van der Waals surface area contributed by atoms with Gasteiger partial charge in [0.25, 0.3) is 0 Å². The van der Waals surface area contributed by atoms with Gasteiger partial charge in [-0.15, -0.1) is 0 Å². The number of carbonyl (C=O) groups is 1. The zero-order chi connectivity index (χ0) is 16.0. The molecular weight excluding hydrogens is 270 g/mol. The van der Waals surface area contributed by atoms with Crippen molar-refractivity contribution in [2.24, 2.45) is 17.6 Å². The molecule has 1 aliphatic rings. The van der Waals surface area contributed by atoms with Gasteiger partial charge in [-0.1, -0.05) is 89.4 Å². The van der Waals surface area contributed by atoms with Crippen molar-refractivity contribution in [1.29, 1.82) is 0 Å². The highest BCUT2D eigenvalue weighted by Crippen LogP contribution is 2.38. The van der Waals surface area contributed by atoms with Gasteiger partial charge in [0, 0.05) is 6.08 Å². The van der Waals surface area contributed by atoms with Gasteiger partial charge >= 0.3 is 0 Å². The van der Waals surface area contributed by atoms with Crippen molar-refractivity contribution < 1.29 is 4.79 Å². The predicted molar refractivity (Wildman–Crippen MR) is 95.5 cm³/mol. The number of primary amides is 1. The van der Waals surface area contributed by atoms with Crippen LogP contribution < -0.4 is 5.73 Å². The molecule has 0 aromatic carbocycles. The molecule has 0 radical (unpaired) electrons. The van der Waals surface area contributed by atoms with Crippen LogP contribution in [0.15, 0.2) is 24.3 Å². The molecule has 2 nitrogen and oxygen atoms in total. The summed E-state index contributed by atoms with van der Waals surface area (Å²) in [6.45, 7) is 2.28. The molecule has 0 heterocycles. The van der Waals surface area contributed by atoms with Crippen LogP contribution in [-0.4, -0.2) is 5.91 Å². The first kappa shape index (κ1) is 19.0. The van der Waals surface area contributed by atoms with Gasteiger partial charge in [0.2, 0.25) is 5.91 Å². The maximum atomic E-state index is 10.6. The number of hydrogen-bond acceptors (Lipinski definition) is 1. The zero-order valence-electron chi connectivity index (χ0n) is 14.4. The molecule has 2 N–H and O–H groups in total. The molecule has 0 bridgehead atoms. The lowest BCUT2D eigenvalue weighted by Gasteiger charge is -2.18. The fraction of sp³-hybridized carbons (Fsp3) is 0.750. The van der Waals surface area contributed by atoms with Crippen LogP contribution in [0.1, 0.15) is 84.0 Å². The first-order chi connectivity index (χ1) is 10.7. The van der Waals surface area contributed by atoms with Crippen molar-refractivity contribution in [2.75, 3.05) is 0 Å². The number of carbonyl (C=O) groups excluding carboxylic acids is 1. The highest BCUT2D eigenvalue weighted by Gasteiger charge is 2.25. The average Bonchev–Trinajstić information content (AvgIpc) is 2.93. The van der Waals surface area contributed by atoms with E-state index in [1.807, 2.05) is 6.08 Å². The Labute approximate surface area is 137 Å². The zero-order valence-corrected chi connectivity index (χ0v) is 14.4. The van der Waals surface area contributed by atoms with E-state index in [1.165, 1.54) is 76.7 Å². The van der Waals surface area contributed by atoms with Crippen LogP contribution in [0.2, 0.25) is 0 Å². The first-order valence-electron chi connectivity index (χ1n) is 9.36. The molecule has 2 atom stereocenters. The van der Waals surface area contributed by atoms with Crippen molar-refractivity contribution in [1.82, 2.24) is 0 Å². The SMILES string of the molecule is CCCCCCCC[C@H]1CCC[C@@H]1CCC=CC=CC(N)=O. The van der Waals surface area contributed by atoms with Crippen LogP contribution in [0.5, 0.6) is 0 Å². The Morgan fingerprint density at radius 2 is 1.68 bits per heavy atom. The molecule has 1 amide bonds. The van der Waals surface area contributed by atoms with Gasteiger partial charge in [0.1, 0.15) is 0 Å². The molecule has 1 rings (SSSR count). The monoisotopic (exact) mass is 305 g/mol. The fourth-order valence-corrected chi connectivity index (χ4v) is 3.70. The summed E-state index contributed by atoms with van der Waals surface area (Å²) in [5.41, 5.74) is 5.05. The van der Waals surface area contributed by atoms with E-state index in [-0.39, 0.29) is 5.91 Å². The van der Waals surface area contributed by atoms with E-state index in [0.29, 0.717) is 0 Å². The molecule has 1 saturated carbocycles. The lowest BCUT2D eigenvalue weighted by Crippen LogP contribution is -2.07. The van der Waals surface area contributed by atoms with Gasteiger partial charge < -0.3 is 5.73 Å². The van der Waals surface area contributed by atoms with E-state index >= 15 is 0 Å². The third kappa shape index (κ3) is 9.07. The third-order valence-electron chi connectivity index (χ3n) is 4.96. The van der Waals surface area contributed by atoms with Gasteiger partial charge in [-0.25, -0.2) is 0 Å². The molecule has 0 spiro atoms. The molecular formula is C20H35NO. The number of hydrogen-bond donors (Lipinski definition) is 1. The summed E-state index contributed by atoms with van der Waals surface area (Å²) in [4.78, 5) is 10.6. The minimum atomic E-state index is -0.376. The number of amides is 1. The van der Waals surface area contributed by atoms with Gasteiger partial charge in [0.15, 0.2) is 0 Å². The number of rotatable bonds is 12. The summed E-state index contributed by atoms with van der Waals surface area (Å²) in [5, 5.41) is 0. The maximum absolute atomic E-state index is 10.6. The minimum Gasteiger partial charge on any atom is -0.366 e. The molecule has 0 unspecified atom stereocenters. The Hall–Kier alpha value is -1.05. The second kappa shape index (κ2) is 12.5. The number of allylic oxidation sites excluding steroid dienone is 3. The Balaban J connectivity index is 2.11. The summed E-state index contributed by atoms with van der Waals surface area (Å²) < 4.78 is 0.